The van der Waals surface area contributed by atoms with E-state index in [1.54, 1.807) is 7.11 Å². The average Bonchev–Trinajstić information content (AvgIpc) is 3.11. The summed E-state index contributed by atoms with van der Waals surface area (Å²) < 4.78 is 5.28. The molecule has 3 rings (SSSR count). The fraction of sp³-hybridized carbons (Fsp3) is 0.294. The van der Waals surface area contributed by atoms with Gasteiger partial charge in [-0.1, -0.05) is 42.5 Å². The van der Waals surface area contributed by atoms with Crippen LogP contribution in [0.25, 0.3) is 0 Å². The SMILES string of the molecule is COc1cccc([C@@H]2C[C@]2(N)Cc2ccccc2)c1. The summed E-state index contributed by atoms with van der Waals surface area (Å²) in [6, 6.07) is 18.7. The smallest absolute Gasteiger partial charge is 0.119 e. The van der Waals surface area contributed by atoms with Crippen molar-refractivity contribution in [2.45, 2.75) is 24.3 Å². The second kappa shape index (κ2) is 4.71. The number of benzene rings is 2. The van der Waals surface area contributed by atoms with Crippen LogP contribution >= 0.6 is 0 Å². The van der Waals surface area contributed by atoms with E-state index >= 15 is 0 Å². The van der Waals surface area contributed by atoms with E-state index in [4.69, 9.17) is 10.5 Å². The van der Waals surface area contributed by atoms with Gasteiger partial charge in [0.2, 0.25) is 0 Å². The first kappa shape index (κ1) is 12.2. The van der Waals surface area contributed by atoms with Gasteiger partial charge in [0.1, 0.15) is 5.75 Å². The number of rotatable bonds is 4. The minimum absolute atomic E-state index is 0.0896. The Kier molecular flexibility index (Phi) is 3.03. The Balaban J connectivity index is 1.75. The van der Waals surface area contributed by atoms with E-state index in [0.29, 0.717) is 5.92 Å². The third-order valence-electron chi connectivity index (χ3n) is 3.99. The van der Waals surface area contributed by atoms with Crippen molar-refractivity contribution in [2.24, 2.45) is 5.73 Å². The zero-order valence-corrected chi connectivity index (χ0v) is 11.2. The third kappa shape index (κ3) is 2.49. The maximum atomic E-state index is 6.51. The molecule has 19 heavy (non-hydrogen) atoms. The van der Waals surface area contributed by atoms with Gasteiger partial charge in [-0.2, -0.15) is 0 Å². The maximum absolute atomic E-state index is 6.51. The molecule has 2 aromatic rings. The Morgan fingerprint density at radius 2 is 1.95 bits per heavy atom. The van der Waals surface area contributed by atoms with Crippen molar-refractivity contribution >= 4 is 0 Å². The number of hydrogen-bond acceptors (Lipinski definition) is 2. The molecule has 2 N–H and O–H groups in total. The van der Waals surface area contributed by atoms with Crippen LogP contribution in [0, 0.1) is 0 Å². The van der Waals surface area contributed by atoms with E-state index in [-0.39, 0.29) is 5.54 Å². The molecule has 0 bridgehead atoms. The Hall–Kier alpha value is -1.80. The highest BCUT2D eigenvalue weighted by Gasteiger charge is 2.51. The van der Waals surface area contributed by atoms with Crippen LogP contribution in [0.3, 0.4) is 0 Å². The molecule has 2 atom stereocenters. The normalized spacial score (nSPS) is 25.1. The Morgan fingerprint density at radius 1 is 1.16 bits per heavy atom. The van der Waals surface area contributed by atoms with Gasteiger partial charge in [-0.25, -0.2) is 0 Å². The molecule has 1 aliphatic rings. The van der Waals surface area contributed by atoms with Crippen molar-refractivity contribution in [3.05, 3.63) is 65.7 Å². The van der Waals surface area contributed by atoms with E-state index in [1.165, 1.54) is 11.1 Å². The summed E-state index contributed by atoms with van der Waals surface area (Å²) in [4.78, 5) is 0. The number of ether oxygens (including phenoxy) is 1. The molecule has 0 saturated heterocycles. The summed E-state index contributed by atoms with van der Waals surface area (Å²) in [6.45, 7) is 0. The van der Waals surface area contributed by atoms with Crippen molar-refractivity contribution in [2.75, 3.05) is 7.11 Å². The average molecular weight is 253 g/mol. The minimum atomic E-state index is -0.0896. The second-order valence-corrected chi connectivity index (χ2v) is 5.43. The standard InChI is InChI=1S/C17H19NO/c1-19-15-9-5-8-14(10-15)16-12-17(16,18)11-13-6-3-2-4-7-13/h2-10,16H,11-12,18H2,1H3/t16-,17+/m0/s1. The molecule has 2 heteroatoms. The first-order valence-electron chi connectivity index (χ1n) is 6.68. The molecular formula is C17H19NO. The van der Waals surface area contributed by atoms with Gasteiger partial charge in [0.15, 0.2) is 0 Å². The van der Waals surface area contributed by atoms with Gasteiger partial charge in [-0.15, -0.1) is 0 Å². The fourth-order valence-electron chi connectivity index (χ4n) is 2.80. The molecule has 2 aromatic carbocycles. The molecule has 0 unspecified atom stereocenters. The van der Waals surface area contributed by atoms with E-state index in [0.717, 1.165) is 18.6 Å². The lowest BCUT2D eigenvalue weighted by atomic mass is 9.99. The molecule has 0 aromatic heterocycles. The fourth-order valence-corrected chi connectivity index (χ4v) is 2.80. The van der Waals surface area contributed by atoms with Gasteiger partial charge in [0.05, 0.1) is 7.11 Å². The van der Waals surface area contributed by atoms with E-state index in [1.807, 2.05) is 18.2 Å². The lowest BCUT2D eigenvalue weighted by Gasteiger charge is -2.12. The largest absolute Gasteiger partial charge is 0.497 e. The van der Waals surface area contributed by atoms with Crippen molar-refractivity contribution in [1.29, 1.82) is 0 Å². The predicted molar refractivity (Wildman–Crippen MR) is 77.4 cm³/mol. The summed E-state index contributed by atoms with van der Waals surface area (Å²) >= 11 is 0. The highest BCUT2D eigenvalue weighted by molar-refractivity contribution is 5.39. The first-order chi connectivity index (χ1) is 9.21. The van der Waals surface area contributed by atoms with Gasteiger partial charge < -0.3 is 10.5 Å². The van der Waals surface area contributed by atoms with Crippen LogP contribution in [0.2, 0.25) is 0 Å². The molecule has 1 fully saturated rings. The predicted octanol–water partition coefficient (Wildman–Crippen LogP) is 3.12. The number of nitrogens with two attached hydrogens (primary N) is 1. The van der Waals surface area contributed by atoms with Crippen molar-refractivity contribution in [3.63, 3.8) is 0 Å². The first-order valence-corrected chi connectivity index (χ1v) is 6.68. The molecule has 98 valence electrons. The summed E-state index contributed by atoms with van der Waals surface area (Å²) in [5.41, 5.74) is 9.02. The molecule has 0 spiro atoms. The number of methoxy groups -OCH3 is 1. The quantitative estimate of drug-likeness (QED) is 0.908. The summed E-state index contributed by atoms with van der Waals surface area (Å²) in [6.07, 6.45) is 1.99. The van der Waals surface area contributed by atoms with Crippen molar-refractivity contribution < 1.29 is 4.74 Å². The van der Waals surface area contributed by atoms with Crippen LogP contribution in [-0.4, -0.2) is 12.6 Å². The van der Waals surface area contributed by atoms with Crippen LogP contribution in [0.15, 0.2) is 54.6 Å². The van der Waals surface area contributed by atoms with Gasteiger partial charge in [0.25, 0.3) is 0 Å². The lowest BCUT2D eigenvalue weighted by molar-refractivity contribution is 0.414. The van der Waals surface area contributed by atoms with Crippen LogP contribution < -0.4 is 10.5 Å². The maximum Gasteiger partial charge on any atom is 0.119 e. The van der Waals surface area contributed by atoms with Gasteiger partial charge in [0, 0.05) is 11.5 Å². The monoisotopic (exact) mass is 253 g/mol. The van der Waals surface area contributed by atoms with Crippen molar-refractivity contribution in [3.8, 4) is 5.75 Å². The summed E-state index contributed by atoms with van der Waals surface area (Å²) in [5, 5.41) is 0. The summed E-state index contributed by atoms with van der Waals surface area (Å²) in [5.74, 6) is 1.36. The van der Waals surface area contributed by atoms with Crippen LogP contribution in [0.1, 0.15) is 23.5 Å². The Morgan fingerprint density at radius 3 is 2.68 bits per heavy atom. The Bertz CT molecular complexity index is 566. The Labute approximate surface area is 114 Å². The van der Waals surface area contributed by atoms with E-state index < -0.39 is 0 Å². The molecule has 1 saturated carbocycles. The second-order valence-electron chi connectivity index (χ2n) is 5.43. The molecular weight excluding hydrogens is 234 g/mol. The van der Waals surface area contributed by atoms with Crippen LogP contribution in [0.5, 0.6) is 5.75 Å². The third-order valence-corrected chi connectivity index (χ3v) is 3.99. The van der Waals surface area contributed by atoms with Gasteiger partial charge in [-0.3, -0.25) is 0 Å². The lowest BCUT2D eigenvalue weighted by Crippen LogP contribution is -2.27. The number of hydrogen-bond donors (Lipinski definition) is 1. The minimum Gasteiger partial charge on any atom is -0.497 e. The molecule has 2 nitrogen and oxygen atoms in total. The van der Waals surface area contributed by atoms with Crippen molar-refractivity contribution in [1.82, 2.24) is 0 Å². The molecule has 0 heterocycles. The van der Waals surface area contributed by atoms with Gasteiger partial charge in [-0.05, 0) is 36.1 Å². The molecule has 1 aliphatic carbocycles. The molecule has 0 aliphatic heterocycles. The van der Waals surface area contributed by atoms with Crippen LogP contribution in [-0.2, 0) is 6.42 Å². The highest BCUT2D eigenvalue weighted by atomic mass is 16.5. The zero-order valence-electron chi connectivity index (χ0n) is 11.2. The topological polar surface area (TPSA) is 35.2 Å². The summed E-state index contributed by atoms with van der Waals surface area (Å²) in [7, 11) is 1.70. The van der Waals surface area contributed by atoms with Gasteiger partial charge >= 0.3 is 0 Å². The van der Waals surface area contributed by atoms with E-state index in [2.05, 4.69) is 36.4 Å². The highest BCUT2D eigenvalue weighted by Crippen LogP contribution is 2.51. The molecule has 0 amide bonds. The molecule has 0 radical (unpaired) electrons. The van der Waals surface area contributed by atoms with E-state index in [9.17, 15) is 0 Å². The van der Waals surface area contributed by atoms with Crippen LogP contribution in [0.4, 0.5) is 0 Å². The zero-order chi connectivity index (χ0) is 13.3.